The Kier molecular flexibility index (Phi) is 9.19. The van der Waals surface area contributed by atoms with Gasteiger partial charge in [-0.15, -0.1) is 0 Å². The molecule has 2 aromatic carbocycles. The largest absolute Gasteiger partial charge is 0.162 e. The molecule has 0 nitrogen and oxygen atoms in total. The van der Waals surface area contributed by atoms with Crippen LogP contribution >= 0.6 is 16.0 Å². The van der Waals surface area contributed by atoms with Crippen LogP contribution in [0.2, 0.25) is 0 Å². The van der Waals surface area contributed by atoms with E-state index in [4.69, 9.17) is 0 Å². The average Bonchev–Trinajstić information content (AvgIpc) is 2.69. The molecule has 2 atom stereocenters. The molecule has 0 bridgehead atoms. The molecule has 0 N–H and O–H groups in total. The van der Waals surface area contributed by atoms with Crippen molar-refractivity contribution in [2.75, 3.05) is 12.0 Å². The normalized spacial score (nSPS) is 12.9. The van der Waals surface area contributed by atoms with Gasteiger partial charge >= 0.3 is 0 Å². The third kappa shape index (κ3) is 4.91. The zero-order valence-electron chi connectivity index (χ0n) is 19.4. The molecule has 2 aromatic rings. The summed E-state index contributed by atoms with van der Waals surface area (Å²) in [4.78, 5) is 0. The van der Waals surface area contributed by atoms with Crippen LogP contribution < -0.4 is 0 Å². The summed E-state index contributed by atoms with van der Waals surface area (Å²) in [7, 11) is 4.88. The number of aryl methyl sites for hydroxylation is 4. The van der Waals surface area contributed by atoms with Gasteiger partial charge < -0.3 is 0 Å². The van der Waals surface area contributed by atoms with Gasteiger partial charge in [-0.05, 0) is 135 Å². The average molecular weight is 435 g/mol. The van der Waals surface area contributed by atoms with Crippen LogP contribution in [0.15, 0.2) is 0 Å². The Hall–Kier alpha value is -0.220. The number of hydrogen-bond acceptors (Lipinski definition) is 0. The zero-order chi connectivity index (χ0) is 21.0. The molecule has 0 spiro atoms. The number of rotatable bonds is 8. The molecule has 0 heterocycles. The first-order valence-corrected chi connectivity index (χ1v) is 15.7. The van der Waals surface area contributed by atoms with Gasteiger partial charge in [-0.25, -0.2) is 0 Å². The summed E-state index contributed by atoms with van der Waals surface area (Å²) >= 11 is 0. The Morgan fingerprint density at radius 2 is 1.14 bits per heavy atom. The Morgan fingerprint density at radius 1 is 0.679 bits per heavy atom. The Labute approximate surface area is 180 Å². The van der Waals surface area contributed by atoms with Crippen molar-refractivity contribution in [3.05, 3.63) is 44.5 Å². The minimum absolute atomic E-state index is 0.511. The SMILES string of the molecule is CCCCCc1c(C)c(C)c(CCCS(C)=PP)c2c(C)c(C)c(C)c(C)c12. The standard InChI is InChI=1S/C25H40P2S/c1-9-10-11-13-22-18(4)19(5)23(14-12-15-28(8)27-26)25-21(7)17(3)16(2)20(6)24(22)25/h9-15,26H2,1-8H3. The van der Waals surface area contributed by atoms with Crippen molar-refractivity contribution in [2.24, 2.45) is 0 Å². The van der Waals surface area contributed by atoms with Gasteiger partial charge in [-0.2, -0.15) is 10.1 Å². The van der Waals surface area contributed by atoms with E-state index in [9.17, 15) is 0 Å². The first-order valence-electron chi connectivity index (χ1n) is 10.8. The summed E-state index contributed by atoms with van der Waals surface area (Å²) in [5.74, 6) is 1.34. The van der Waals surface area contributed by atoms with Gasteiger partial charge in [0.1, 0.15) is 0 Å². The molecule has 0 fully saturated rings. The van der Waals surface area contributed by atoms with E-state index in [-0.39, 0.29) is 0 Å². The fourth-order valence-corrected chi connectivity index (χ4v) is 6.90. The molecule has 0 aliphatic rings. The lowest BCUT2D eigenvalue weighted by molar-refractivity contribution is 0.717. The van der Waals surface area contributed by atoms with Crippen molar-refractivity contribution >= 4 is 36.8 Å². The number of unbranched alkanes of at least 4 members (excludes halogenated alkanes) is 2. The second-order valence-electron chi connectivity index (χ2n) is 8.43. The molecule has 2 unspecified atom stereocenters. The first kappa shape index (κ1) is 24.1. The maximum absolute atomic E-state index is 2.89. The zero-order valence-corrected chi connectivity index (χ0v) is 22.2. The molecule has 2 rings (SSSR count). The smallest absolute Gasteiger partial charge is 0.00762 e. The Bertz CT molecular complexity index is 894. The van der Waals surface area contributed by atoms with Crippen LogP contribution in [-0.4, -0.2) is 12.0 Å². The van der Waals surface area contributed by atoms with Gasteiger partial charge in [-0.3, -0.25) is 0 Å². The van der Waals surface area contributed by atoms with E-state index in [2.05, 4.69) is 63.7 Å². The molecule has 3 heteroatoms. The van der Waals surface area contributed by atoms with Crippen LogP contribution in [0.4, 0.5) is 0 Å². The molecular weight excluding hydrogens is 394 g/mol. The molecule has 0 amide bonds. The molecular formula is C25H40P2S. The third-order valence-electron chi connectivity index (χ3n) is 6.84. The highest BCUT2D eigenvalue weighted by Gasteiger charge is 2.20. The maximum atomic E-state index is 2.89. The monoisotopic (exact) mass is 434 g/mol. The van der Waals surface area contributed by atoms with Gasteiger partial charge in [0.2, 0.25) is 0 Å². The van der Waals surface area contributed by atoms with Crippen molar-refractivity contribution < 1.29 is 0 Å². The van der Waals surface area contributed by atoms with E-state index in [1.165, 1.54) is 73.6 Å². The van der Waals surface area contributed by atoms with Crippen molar-refractivity contribution in [3.8, 4) is 0 Å². The minimum atomic E-state index is 0.511. The summed E-state index contributed by atoms with van der Waals surface area (Å²) < 4.78 is 0. The number of hydrogen-bond donors (Lipinski definition) is 0. The first-order chi connectivity index (χ1) is 13.3. The molecule has 0 aliphatic heterocycles. The second kappa shape index (κ2) is 10.7. The maximum Gasteiger partial charge on any atom is -0.00762 e. The molecule has 0 saturated carbocycles. The number of fused-ring (bicyclic) bond motifs is 1. The van der Waals surface area contributed by atoms with Crippen molar-refractivity contribution in [1.82, 2.24) is 0 Å². The van der Waals surface area contributed by atoms with Crippen molar-refractivity contribution in [3.63, 3.8) is 0 Å². The molecule has 156 valence electrons. The topological polar surface area (TPSA) is 0 Å². The molecule has 0 radical (unpaired) electrons. The fourth-order valence-electron chi connectivity index (χ4n) is 4.58. The van der Waals surface area contributed by atoms with Crippen molar-refractivity contribution in [1.29, 1.82) is 0 Å². The van der Waals surface area contributed by atoms with Gasteiger partial charge in [-0.1, -0.05) is 35.7 Å². The Morgan fingerprint density at radius 3 is 1.57 bits per heavy atom. The van der Waals surface area contributed by atoms with E-state index in [1.54, 1.807) is 33.0 Å². The van der Waals surface area contributed by atoms with Crippen LogP contribution in [0.25, 0.3) is 10.8 Å². The summed E-state index contributed by atoms with van der Waals surface area (Å²) in [6.45, 7) is 16.4. The van der Waals surface area contributed by atoms with Gasteiger partial charge in [0.05, 0.1) is 0 Å². The summed E-state index contributed by atoms with van der Waals surface area (Å²) in [6, 6.07) is 0. The van der Waals surface area contributed by atoms with Gasteiger partial charge in [0.15, 0.2) is 0 Å². The molecule has 0 aromatic heterocycles. The van der Waals surface area contributed by atoms with E-state index < -0.39 is 0 Å². The molecule has 0 aliphatic carbocycles. The summed E-state index contributed by atoms with van der Waals surface area (Å²) in [6.07, 6.45) is 10.1. The highest BCUT2D eigenvalue weighted by molar-refractivity contribution is 8.38. The van der Waals surface area contributed by atoms with E-state index in [1.807, 2.05) is 0 Å². The third-order valence-corrected chi connectivity index (χ3v) is 12.9. The summed E-state index contributed by atoms with van der Waals surface area (Å²) in [5.41, 5.74) is 12.4. The van der Waals surface area contributed by atoms with Crippen molar-refractivity contribution in [2.45, 2.75) is 87.0 Å². The van der Waals surface area contributed by atoms with E-state index in [0.29, 0.717) is 10.1 Å². The minimum Gasteiger partial charge on any atom is -0.162 e. The van der Waals surface area contributed by atoms with Crippen LogP contribution in [0.1, 0.15) is 77.1 Å². The van der Waals surface area contributed by atoms with Gasteiger partial charge in [0.25, 0.3) is 0 Å². The second-order valence-corrected chi connectivity index (χ2v) is 14.6. The lowest BCUT2D eigenvalue weighted by atomic mass is 9.80. The number of benzene rings is 2. The predicted molar refractivity (Wildman–Crippen MR) is 139 cm³/mol. The van der Waals surface area contributed by atoms with Crippen LogP contribution in [0.5, 0.6) is 0 Å². The van der Waals surface area contributed by atoms with Crippen LogP contribution in [-0.2, 0) is 22.9 Å². The fraction of sp³-hybridized carbons (Fsp3) is 0.600. The highest BCUT2D eigenvalue weighted by Crippen LogP contribution is 2.39. The van der Waals surface area contributed by atoms with Gasteiger partial charge in [0, 0.05) is 0 Å². The molecule has 0 saturated heterocycles. The quantitative estimate of drug-likeness (QED) is 0.290. The molecule has 28 heavy (non-hydrogen) atoms. The Balaban J connectivity index is 2.72. The highest BCUT2D eigenvalue weighted by atomic mass is 32.6. The van der Waals surface area contributed by atoms with Crippen LogP contribution in [0.3, 0.4) is 0 Å². The predicted octanol–water partition coefficient (Wildman–Crippen LogP) is 8.26. The van der Waals surface area contributed by atoms with Crippen LogP contribution in [0, 0.1) is 41.5 Å². The lowest BCUT2D eigenvalue weighted by Gasteiger charge is -2.24. The lowest BCUT2D eigenvalue weighted by Crippen LogP contribution is -2.07. The van der Waals surface area contributed by atoms with E-state index in [0.717, 1.165) is 0 Å². The van der Waals surface area contributed by atoms with E-state index >= 15 is 0 Å². The summed E-state index contributed by atoms with van der Waals surface area (Å²) in [5, 5.41) is 3.18.